The number of aromatic hydroxyl groups is 1. The zero-order valence-electron chi connectivity index (χ0n) is 13.2. The van der Waals surface area contributed by atoms with Crippen molar-refractivity contribution < 1.29 is 9.50 Å². The Bertz CT molecular complexity index is 963. The van der Waals surface area contributed by atoms with Gasteiger partial charge in [-0.3, -0.25) is 0 Å². The monoisotopic (exact) mass is 354 g/mol. The smallest absolute Gasteiger partial charge is 0.221 e. The molecule has 0 saturated carbocycles. The molecule has 0 atom stereocenters. The van der Waals surface area contributed by atoms with Crippen LogP contribution in [0.3, 0.4) is 0 Å². The quantitative estimate of drug-likeness (QED) is 0.387. The lowest BCUT2D eigenvalue weighted by atomic mass is 10.2. The van der Waals surface area contributed by atoms with Gasteiger partial charge >= 0.3 is 0 Å². The Morgan fingerprint density at radius 3 is 2.68 bits per heavy atom. The number of hydrogen-bond donors (Lipinski definition) is 2. The first kappa shape index (κ1) is 16.8. The zero-order valence-corrected chi connectivity index (χ0v) is 14.0. The molecule has 126 valence electrons. The topological polar surface area (TPSA) is 61.9 Å². The fraction of sp³-hybridized carbons (Fsp3) is 0.0556. The van der Waals surface area contributed by atoms with E-state index in [9.17, 15) is 9.50 Å². The van der Waals surface area contributed by atoms with Crippen LogP contribution >= 0.6 is 12.2 Å². The summed E-state index contributed by atoms with van der Waals surface area (Å²) in [4.78, 5) is 0. The van der Waals surface area contributed by atoms with E-state index >= 15 is 0 Å². The lowest BCUT2D eigenvalue weighted by Crippen LogP contribution is -2.04. The zero-order chi connectivity index (χ0) is 17.8. The molecule has 0 fully saturated rings. The molecule has 5 nitrogen and oxygen atoms in total. The molecule has 0 amide bonds. The highest BCUT2D eigenvalue weighted by molar-refractivity contribution is 7.80. The predicted octanol–water partition coefficient (Wildman–Crippen LogP) is 5.15. The summed E-state index contributed by atoms with van der Waals surface area (Å²) < 4.78 is 14.6. The molecule has 0 saturated heterocycles. The highest BCUT2D eigenvalue weighted by atomic mass is 32.1. The number of allylic oxidation sites excluding steroid dienone is 1. The van der Waals surface area contributed by atoms with Crippen LogP contribution in [-0.4, -0.2) is 14.8 Å². The second-order valence-electron chi connectivity index (χ2n) is 5.23. The van der Waals surface area contributed by atoms with Gasteiger partial charge in [-0.2, -0.15) is 0 Å². The Morgan fingerprint density at radius 2 is 1.96 bits per heavy atom. The summed E-state index contributed by atoms with van der Waals surface area (Å²) in [5.41, 5.74) is 1.76. The first-order valence-corrected chi connectivity index (χ1v) is 7.90. The van der Waals surface area contributed by atoms with Crippen LogP contribution < -0.4 is 5.32 Å². The second-order valence-corrected chi connectivity index (χ2v) is 5.61. The lowest BCUT2D eigenvalue weighted by molar-refractivity contribution is 0.431. The maximum Gasteiger partial charge on any atom is 0.221 e. The van der Waals surface area contributed by atoms with Crippen molar-refractivity contribution in [2.75, 3.05) is 5.32 Å². The molecule has 0 aliphatic rings. The number of nitrogens with one attached hydrogen (secondary N) is 1. The van der Waals surface area contributed by atoms with Crippen LogP contribution in [0.25, 0.3) is 10.9 Å². The number of rotatable bonds is 4. The minimum Gasteiger partial charge on any atom is -0.493 e. The van der Waals surface area contributed by atoms with Crippen LogP contribution in [0.5, 0.6) is 5.88 Å². The number of aromatic nitrogens is 1. The van der Waals surface area contributed by atoms with Crippen molar-refractivity contribution in [3.63, 3.8) is 0 Å². The van der Waals surface area contributed by atoms with Crippen LogP contribution in [0.15, 0.2) is 71.4 Å². The van der Waals surface area contributed by atoms with Gasteiger partial charge in [0, 0.05) is 17.6 Å². The minimum atomic E-state index is -0.335. The van der Waals surface area contributed by atoms with Crippen LogP contribution in [0.1, 0.15) is 0 Å². The van der Waals surface area contributed by atoms with Gasteiger partial charge < -0.3 is 15.0 Å². The van der Waals surface area contributed by atoms with Gasteiger partial charge in [0.05, 0.1) is 5.52 Å². The summed E-state index contributed by atoms with van der Waals surface area (Å²) >= 11 is 5.12. The van der Waals surface area contributed by atoms with Crippen molar-refractivity contribution >= 4 is 39.6 Å². The average molecular weight is 354 g/mol. The van der Waals surface area contributed by atoms with Gasteiger partial charge in [-0.05, 0) is 42.5 Å². The van der Waals surface area contributed by atoms with Crippen molar-refractivity contribution in [2.45, 2.75) is 6.54 Å². The molecule has 1 heterocycles. The van der Waals surface area contributed by atoms with Gasteiger partial charge in [0.1, 0.15) is 5.82 Å². The number of para-hydroxylation sites is 1. The minimum absolute atomic E-state index is 0.00516. The SMILES string of the molecule is C=CCn1c(O)c(N=NC(=S)Nc2ccc(F)cc2)c2ccccc21. The molecule has 0 radical (unpaired) electrons. The average Bonchev–Trinajstić information content (AvgIpc) is 2.88. The first-order valence-electron chi connectivity index (χ1n) is 7.49. The van der Waals surface area contributed by atoms with E-state index in [1.54, 1.807) is 22.8 Å². The van der Waals surface area contributed by atoms with E-state index in [0.29, 0.717) is 17.9 Å². The molecular weight excluding hydrogens is 339 g/mol. The van der Waals surface area contributed by atoms with Gasteiger partial charge in [-0.15, -0.1) is 16.8 Å². The number of azo groups is 1. The van der Waals surface area contributed by atoms with Crippen LogP contribution in [0, 0.1) is 5.82 Å². The molecule has 0 aliphatic carbocycles. The van der Waals surface area contributed by atoms with Crippen molar-refractivity contribution in [1.82, 2.24) is 4.57 Å². The highest BCUT2D eigenvalue weighted by Gasteiger charge is 2.15. The molecular formula is C18H15FN4OS. The normalized spacial score (nSPS) is 11.1. The summed E-state index contributed by atoms with van der Waals surface area (Å²) in [5.74, 6) is -0.340. The maximum atomic E-state index is 12.9. The Balaban J connectivity index is 1.88. The Labute approximate surface area is 149 Å². The number of nitrogens with zero attached hydrogens (tertiary/aromatic N) is 3. The molecule has 2 aromatic carbocycles. The van der Waals surface area contributed by atoms with E-state index in [-0.39, 0.29) is 16.8 Å². The molecule has 0 bridgehead atoms. The summed E-state index contributed by atoms with van der Waals surface area (Å²) in [6.07, 6.45) is 1.69. The van der Waals surface area contributed by atoms with Crippen LogP contribution in [0.4, 0.5) is 15.8 Å². The molecule has 25 heavy (non-hydrogen) atoms. The van der Waals surface area contributed by atoms with Gasteiger partial charge in [0.15, 0.2) is 5.69 Å². The maximum absolute atomic E-state index is 12.9. The largest absolute Gasteiger partial charge is 0.493 e. The van der Waals surface area contributed by atoms with Crippen LogP contribution in [-0.2, 0) is 6.54 Å². The second kappa shape index (κ2) is 7.23. The van der Waals surface area contributed by atoms with E-state index in [2.05, 4.69) is 22.1 Å². The molecule has 7 heteroatoms. The van der Waals surface area contributed by atoms with Gasteiger partial charge in [-0.1, -0.05) is 24.3 Å². The standard InChI is InChI=1S/C18H15FN4OS/c1-2-11-23-15-6-4-3-5-14(15)16(17(23)24)21-22-18(25)20-13-9-7-12(19)8-10-13/h2-10,24H,1,11H2,(H,20,25). The molecule has 3 aromatic rings. The number of fused-ring (bicyclic) bond motifs is 1. The molecule has 0 spiro atoms. The number of benzene rings is 2. The Kier molecular flexibility index (Phi) is 4.85. The third-order valence-corrected chi connectivity index (χ3v) is 3.75. The van der Waals surface area contributed by atoms with E-state index in [1.807, 2.05) is 24.3 Å². The molecule has 0 unspecified atom stereocenters. The number of hydrogen-bond acceptors (Lipinski definition) is 3. The summed E-state index contributed by atoms with van der Waals surface area (Å²) in [6.45, 7) is 4.14. The summed E-state index contributed by atoms with van der Waals surface area (Å²) in [7, 11) is 0. The molecule has 2 N–H and O–H groups in total. The van der Waals surface area contributed by atoms with Crippen LogP contribution in [0.2, 0.25) is 0 Å². The third kappa shape index (κ3) is 3.56. The first-order chi connectivity index (χ1) is 12.1. The fourth-order valence-electron chi connectivity index (χ4n) is 2.46. The Morgan fingerprint density at radius 1 is 1.24 bits per heavy atom. The number of anilines is 1. The number of thiocarbonyl (C=S) groups is 1. The van der Waals surface area contributed by atoms with E-state index < -0.39 is 0 Å². The van der Waals surface area contributed by atoms with E-state index in [4.69, 9.17) is 12.2 Å². The lowest BCUT2D eigenvalue weighted by Gasteiger charge is -2.02. The van der Waals surface area contributed by atoms with Crippen molar-refractivity contribution in [3.8, 4) is 5.88 Å². The highest BCUT2D eigenvalue weighted by Crippen LogP contribution is 2.38. The summed E-state index contributed by atoms with van der Waals surface area (Å²) in [5, 5.41) is 22.2. The van der Waals surface area contributed by atoms with Crippen molar-refractivity contribution in [2.24, 2.45) is 10.2 Å². The fourth-order valence-corrected chi connectivity index (χ4v) is 2.62. The Hall–Kier alpha value is -3.06. The van der Waals surface area contributed by atoms with Crippen molar-refractivity contribution in [1.29, 1.82) is 0 Å². The third-order valence-electron chi connectivity index (χ3n) is 3.57. The van der Waals surface area contributed by atoms with Crippen molar-refractivity contribution in [3.05, 3.63) is 67.0 Å². The van der Waals surface area contributed by atoms with Gasteiger partial charge in [-0.25, -0.2) is 4.39 Å². The van der Waals surface area contributed by atoms with E-state index in [0.717, 1.165) is 10.9 Å². The predicted molar refractivity (Wildman–Crippen MR) is 101 cm³/mol. The van der Waals surface area contributed by atoms with Gasteiger partial charge in [0.2, 0.25) is 11.0 Å². The van der Waals surface area contributed by atoms with Gasteiger partial charge in [0.25, 0.3) is 0 Å². The molecule has 1 aromatic heterocycles. The van der Waals surface area contributed by atoms with E-state index in [1.165, 1.54) is 12.1 Å². The number of halogens is 1. The summed E-state index contributed by atoms with van der Waals surface area (Å²) in [6, 6.07) is 13.2. The molecule has 3 rings (SSSR count). The molecule has 0 aliphatic heterocycles.